The monoisotopic (exact) mass is 384 g/mol. The second-order valence-corrected chi connectivity index (χ2v) is 7.94. The van der Waals surface area contributed by atoms with Crippen LogP contribution in [0.1, 0.15) is 11.1 Å². The van der Waals surface area contributed by atoms with E-state index in [2.05, 4.69) is 9.88 Å². The second-order valence-electron chi connectivity index (χ2n) is 5.82. The molecule has 5 nitrogen and oxygen atoms in total. The molecule has 0 saturated heterocycles. The van der Waals surface area contributed by atoms with E-state index in [0.717, 1.165) is 16.7 Å². The van der Waals surface area contributed by atoms with Gasteiger partial charge in [0.2, 0.25) is 0 Å². The van der Waals surface area contributed by atoms with Gasteiger partial charge in [0.05, 0.1) is 4.90 Å². The van der Waals surface area contributed by atoms with Crippen LogP contribution in [0.3, 0.4) is 0 Å². The Balaban J connectivity index is 1.75. The van der Waals surface area contributed by atoms with Crippen LogP contribution < -0.4 is 4.72 Å². The highest BCUT2D eigenvalue weighted by atomic mass is 35.5. The maximum atomic E-state index is 12.6. The minimum Gasteiger partial charge on any atom is -0.410 e. The van der Waals surface area contributed by atoms with E-state index in [0.29, 0.717) is 22.0 Å². The first-order valence-corrected chi connectivity index (χ1v) is 9.60. The Morgan fingerprint density at radius 2 is 1.58 bits per heavy atom. The van der Waals surface area contributed by atoms with Gasteiger partial charge in [-0.25, -0.2) is 8.42 Å². The van der Waals surface area contributed by atoms with Crippen LogP contribution in [-0.4, -0.2) is 19.3 Å². The van der Waals surface area contributed by atoms with Crippen molar-refractivity contribution in [2.75, 3.05) is 4.72 Å². The Morgan fingerprint density at radius 3 is 2.31 bits per heavy atom. The van der Waals surface area contributed by atoms with Gasteiger partial charge in [0.1, 0.15) is 5.71 Å². The summed E-state index contributed by atoms with van der Waals surface area (Å²) in [5.41, 5.74) is 4.09. The number of rotatable bonds is 3. The largest absolute Gasteiger partial charge is 0.410 e. The maximum absolute atomic E-state index is 12.6. The van der Waals surface area contributed by atoms with Gasteiger partial charge < -0.3 is 5.21 Å². The van der Waals surface area contributed by atoms with Crippen LogP contribution in [0.4, 0.5) is 5.69 Å². The van der Waals surface area contributed by atoms with E-state index in [-0.39, 0.29) is 4.90 Å². The fourth-order valence-electron chi connectivity index (χ4n) is 3.06. The quantitative estimate of drug-likeness (QED) is 0.407. The third-order valence-corrected chi connectivity index (χ3v) is 5.82. The molecule has 0 aromatic heterocycles. The maximum Gasteiger partial charge on any atom is 0.261 e. The molecule has 7 heteroatoms. The van der Waals surface area contributed by atoms with Crippen molar-refractivity contribution in [1.82, 2.24) is 0 Å². The Bertz CT molecular complexity index is 1160. The molecule has 26 heavy (non-hydrogen) atoms. The summed E-state index contributed by atoms with van der Waals surface area (Å²) in [6, 6.07) is 18.7. The van der Waals surface area contributed by atoms with Crippen molar-refractivity contribution in [2.24, 2.45) is 5.16 Å². The first-order chi connectivity index (χ1) is 12.5. The van der Waals surface area contributed by atoms with Crippen LogP contribution in [0.5, 0.6) is 0 Å². The highest BCUT2D eigenvalue weighted by molar-refractivity contribution is 7.92. The van der Waals surface area contributed by atoms with Gasteiger partial charge in [-0.15, -0.1) is 0 Å². The second kappa shape index (κ2) is 6.16. The lowest BCUT2D eigenvalue weighted by atomic mass is 10.1. The molecule has 0 heterocycles. The zero-order valence-corrected chi connectivity index (χ0v) is 14.9. The molecule has 0 unspecified atom stereocenters. The number of hydrogen-bond acceptors (Lipinski definition) is 4. The van der Waals surface area contributed by atoms with Gasteiger partial charge in [-0.3, -0.25) is 4.72 Å². The number of benzene rings is 3. The highest BCUT2D eigenvalue weighted by Crippen LogP contribution is 2.38. The summed E-state index contributed by atoms with van der Waals surface area (Å²) in [6.45, 7) is 0. The van der Waals surface area contributed by atoms with E-state index in [4.69, 9.17) is 11.6 Å². The lowest BCUT2D eigenvalue weighted by molar-refractivity contribution is 0.320. The third-order valence-electron chi connectivity index (χ3n) is 4.21. The minimum atomic E-state index is -3.78. The van der Waals surface area contributed by atoms with Crippen molar-refractivity contribution in [3.63, 3.8) is 0 Å². The van der Waals surface area contributed by atoms with Crippen molar-refractivity contribution in [1.29, 1.82) is 0 Å². The lowest BCUT2D eigenvalue weighted by Crippen LogP contribution is -2.13. The molecule has 0 radical (unpaired) electrons. The van der Waals surface area contributed by atoms with E-state index in [1.54, 1.807) is 24.3 Å². The normalized spacial score (nSPS) is 14.1. The molecule has 0 bridgehead atoms. The average Bonchev–Trinajstić information content (AvgIpc) is 2.94. The number of anilines is 1. The molecule has 0 amide bonds. The van der Waals surface area contributed by atoms with Crippen LogP contribution in [0, 0.1) is 0 Å². The molecule has 0 aliphatic heterocycles. The van der Waals surface area contributed by atoms with Gasteiger partial charge in [-0.05, 0) is 41.5 Å². The number of hydrogen-bond donors (Lipinski definition) is 2. The molecule has 1 aliphatic rings. The topological polar surface area (TPSA) is 78.8 Å². The van der Waals surface area contributed by atoms with E-state index in [1.807, 2.05) is 30.3 Å². The predicted molar refractivity (Wildman–Crippen MR) is 102 cm³/mol. The molecule has 0 fully saturated rings. The van der Waals surface area contributed by atoms with Crippen LogP contribution in [0.25, 0.3) is 11.1 Å². The number of oxime groups is 1. The Morgan fingerprint density at radius 1 is 0.846 bits per heavy atom. The van der Waals surface area contributed by atoms with Crippen LogP contribution in [-0.2, 0) is 10.0 Å². The fourth-order valence-corrected chi connectivity index (χ4v) is 4.41. The molecule has 0 saturated carbocycles. The summed E-state index contributed by atoms with van der Waals surface area (Å²) < 4.78 is 27.7. The summed E-state index contributed by atoms with van der Waals surface area (Å²) in [6.07, 6.45) is 0. The van der Waals surface area contributed by atoms with Gasteiger partial charge in [0, 0.05) is 21.8 Å². The van der Waals surface area contributed by atoms with Gasteiger partial charge in [0.25, 0.3) is 10.0 Å². The summed E-state index contributed by atoms with van der Waals surface area (Å²) in [7, 11) is -3.78. The molecule has 3 aromatic rings. The van der Waals surface area contributed by atoms with E-state index in [1.165, 1.54) is 12.1 Å². The summed E-state index contributed by atoms with van der Waals surface area (Å²) in [4.78, 5) is 0.0739. The molecule has 3 aromatic carbocycles. The molecule has 2 N–H and O–H groups in total. The Kier molecular flexibility index (Phi) is 3.94. The molecular formula is C19H13ClN2O3S. The molecule has 4 rings (SSSR count). The van der Waals surface area contributed by atoms with Crippen molar-refractivity contribution in [3.05, 3.63) is 82.9 Å². The van der Waals surface area contributed by atoms with Crippen molar-refractivity contribution < 1.29 is 13.6 Å². The van der Waals surface area contributed by atoms with Crippen molar-refractivity contribution in [2.45, 2.75) is 4.90 Å². The van der Waals surface area contributed by atoms with Crippen molar-refractivity contribution in [3.8, 4) is 11.1 Å². The first kappa shape index (κ1) is 16.6. The predicted octanol–water partition coefficient (Wildman–Crippen LogP) is 4.35. The molecular weight excluding hydrogens is 372 g/mol. The summed E-state index contributed by atoms with van der Waals surface area (Å²) in [5.74, 6) is 0. The average molecular weight is 385 g/mol. The number of halogens is 1. The number of nitrogens with one attached hydrogen (secondary N) is 1. The Labute approximate surface area is 155 Å². The lowest BCUT2D eigenvalue weighted by Gasteiger charge is -2.10. The standard InChI is InChI=1S/C19H13ClN2O3S/c20-12-4-3-5-14(10-12)26(24,25)22-13-8-9-16-15-6-1-2-7-17(15)19(21-23)18(16)11-13/h1-11,22-23H. The van der Waals surface area contributed by atoms with Crippen LogP contribution in [0.2, 0.25) is 5.02 Å². The highest BCUT2D eigenvalue weighted by Gasteiger charge is 2.26. The first-order valence-electron chi connectivity index (χ1n) is 7.74. The zero-order chi connectivity index (χ0) is 18.3. The summed E-state index contributed by atoms with van der Waals surface area (Å²) >= 11 is 5.88. The fraction of sp³-hybridized carbons (Fsp3) is 0. The molecule has 0 spiro atoms. The van der Waals surface area contributed by atoms with Gasteiger partial charge >= 0.3 is 0 Å². The van der Waals surface area contributed by atoms with E-state index in [9.17, 15) is 13.6 Å². The Hall–Kier alpha value is -2.83. The molecule has 130 valence electrons. The summed E-state index contributed by atoms with van der Waals surface area (Å²) in [5, 5.41) is 13.2. The third kappa shape index (κ3) is 2.73. The van der Waals surface area contributed by atoms with Crippen molar-refractivity contribution >= 4 is 33.0 Å². The van der Waals surface area contributed by atoms with Gasteiger partial charge in [-0.2, -0.15) is 0 Å². The van der Waals surface area contributed by atoms with Crippen LogP contribution >= 0.6 is 11.6 Å². The zero-order valence-electron chi connectivity index (χ0n) is 13.3. The molecule has 1 aliphatic carbocycles. The molecule has 0 atom stereocenters. The van der Waals surface area contributed by atoms with Gasteiger partial charge in [0.15, 0.2) is 0 Å². The van der Waals surface area contributed by atoms with Crippen LogP contribution in [0.15, 0.2) is 76.8 Å². The van der Waals surface area contributed by atoms with Gasteiger partial charge in [-0.1, -0.05) is 53.2 Å². The van der Waals surface area contributed by atoms with E-state index < -0.39 is 10.0 Å². The number of sulfonamides is 1. The van der Waals surface area contributed by atoms with E-state index >= 15 is 0 Å². The minimum absolute atomic E-state index is 0.0739. The number of nitrogens with zero attached hydrogens (tertiary/aromatic N) is 1. The SMILES string of the molecule is O=S(=O)(Nc1ccc2c(c1)C(=NO)c1ccccc1-2)c1cccc(Cl)c1. The number of fused-ring (bicyclic) bond motifs is 3. The smallest absolute Gasteiger partial charge is 0.261 e.